The van der Waals surface area contributed by atoms with Crippen LogP contribution in [-0.2, 0) is 4.74 Å². The van der Waals surface area contributed by atoms with Gasteiger partial charge in [0.1, 0.15) is 11.5 Å². The Morgan fingerprint density at radius 1 is 1.00 bits per heavy atom. The first-order chi connectivity index (χ1) is 8.69. The van der Waals surface area contributed by atoms with Crippen molar-refractivity contribution >= 4 is 5.97 Å². The fraction of sp³-hybridized carbons (Fsp3) is 0.133. The first-order valence-electron chi connectivity index (χ1n) is 5.62. The monoisotopic (exact) mass is 242 g/mol. The molecule has 0 fully saturated rings. The lowest BCUT2D eigenvalue weighted by molar-refractivity contribution is 0.0600. The SMILES string of the molecule is COC(=O)c1cccc(Oc2ccc(C)cc2)c1. The average molecular weight is 242 g/mol. The Morgan fingerprint density at radius 3 is 2.39 bits per heavy atom. The van der Waals surface area contributed by atoms with E-state index in [9.17, 15) is 4.79 Å². The molecule has 0 unspecified atom stereocenters. The van der Waals surface area contributed by atoms with Gasteiger partial charge in [-0.3, -0.25) is 0 Å². The van der Waals surface area contributed by atoms with Crippen LogP contribution in [0.1, 0.15) is 15.9 Å². The quantitative estimate of drug-likeness (QED) is 0.772. The number of hydrogen-bond donors (Lipinski definition) is 0. The summed E-state index contributed by atoms with van der Waals surface area (Å²) in [6, 6.07) is 14.6. The number of benzene rings is 2. The Labute approximate surface area is 106 Å². The van der Waals surface area contributed by atoms with E-state index in [1.54, 1.807) is 24.3 Å². The zero-order valence-corrected chi connectivity index (χ0v) is 10.3. The molecular formula is C15H14O3. The van der Waals surface area contributed by atoms with Gasteiger partial charge in [-0.1, -0.05) is 23.8 Å². The Morgan fingerprint density at radius 2 is 1.72 bits per heavy atom. The summed E-state index contributed by atoms with van der Waals surface area (Å²) in [6.45, 7) is 2.02. The number of rotatable bonds is 3. The highest BCUT2D eigenvalue weighted by Gasteiger charge is 2.06. The molecule has 0 amide bonds. The molecule has 0 N–H and O–H groups in total. The van der Waals surface area contributed by atoms with Crippen molar-refractivity contribution in [2.75, 3.05) is 7.11 Å². The van der Waals surface area contributed by atoms with Gasteiger partial charge in [0.2, 0.25) is 0 Å². The second-order valence-electron chi connectivity index (χ2n) is 3.93. The Bertz CT molecular complexity index is 544. The Hall–Kier alpha value is -2.29. The third kappa shape index (κ3) is 2.88. The molecule has 18 heavy (non-hydrogen) atoms. The van der Waals surface area contributed by atoms with E-state index in [-0.39, 0.29) is 5.97 Å². The number of methoxy groups -OCH3 is 1. The molecule has 2 aromatic carbocycles. The van der Waals surface area contributed by atoms with Crippen LogP contribution in [0.15, 0.2) is 48.5 Å². The number of carbonyl (C=O) groups is 1. The molecule has 0 bridgehead atoms. The summed E-state index contributed by atoms with van der Waals surface area (Å²) in [6.07, 6.45) is 0. The largest absolute Gasteiger partial charge is 0.465 e. The van der Waals surface area contributed by atoms with E-state index < -0.39 is 0 Å². The molecule has 2 aromatic rings. The van der Waals surface area contributed by atoms with Gasteiger partial charge in [-0.05, 0) is 37.3 Å². The molecule has 0 saturated carbocycles. The van der Waals surface area contributed by atoms with Crippen molar-refractivity contribution < 1.29 is 14.3 Å². The maximum atomic E-state index is 11.4. The zero-order chi connectivity index (χ0) is 13.0. The Kier molecular flexibility index (Phi) is 3.63. The summed E-state index contributed by atoms with van der Waals surface area (Å²) in [5.74, 6) is 0.980. The smallest absolute Gasteiger partial charge is 0.337 e. The molecule has 2 rings (SSSR count). The van der Waals surface area contributed by atoms with Crippen molar-refractivity contribution in [3.63, 3.8) is 0 Å². The van der Waals surface area contributed by atoms with Crippen LogP contribution in [0.3, 0.4) is 0 Å². The summed E-state index contributed by atoms with van der Waals surface area (Å²) in [7, 11) is 1.36. The second-order valence-corrected chi connectivity index (χ2v) is 3.93. The molecular weight excluding hydrogens is 228 g/mol. The van der Waals surface area contributed by atoms with Gasteiger partial charge in [-0.15, -0.1) is 0 Å². The molecule has 0 saturated heterocycles. The van der Waals surface area contributed by atoms with Crippen molar-refractivity contribution in [2.24, 2.45) is 0 Å². The Balaban J connectivity index is 2.19. The molecule has 3 heteroatoms. The summed E-state index contributed by atoms with van der Waals surface area (Å²) < 4.78 is 10.3. The molecule has 92 valence electrons. The summed E-state index contributed by atoms with van der Waals surface area (Å²) >= 11 is 0. The third-order valence-corrected chi connectivity index (χ3v) is 2.51. The molecule has 3 nitrogen and oxygen atoms in total. The van der Waals surface area contributed by atoms with E-state index in [0.717, 1.165) is 5.75 Å². The molecule has 0 atom stereocenters. The van der Waals surface area contributed by atoms with E-state index in [0.29, 0.717) is 11.3 Å². The van der Waals surface area contributed by atoms with Crippen LogP contribution in [0.2, 0.25) is 0 Å². The summed E-state index contributed by atoms with van der Waals surface area (Å²) in [4.78, 5) is 11.4. The highest BCUT2D eigenvalue weighted by molar-refractivity contribution is 5.89. The van der Waals surface area contributed by atoms with E-state index in [4.69, 9.17) is 4.74 Å². The van der Waals surface area contributed by atoms with Crippen LogP contribution in [0.5, 0.6) is 11.5 Å². The molecule has 0 aliphatic rings. The molecule has 0 radical (unpaired) electrons. The number of carbonyl (C=O) groups excluding carboxylic acids is 1. The lowest BCUT2D eigenvalue weighted by Gasteiger charge is -2.07. The van der Waals surface area contributed by atoms with Gasteiger partial charge in [0.15, 0.2) is 0 Å². The van der Waals surface area contributed by atoms with Crippen LogP contribution < -0.4 is 4.74 Å². The predicted molar refractivity (Wildman–Crippen MR) is 69.0 cm³/mol. The molecule has 0 spiro atoms. The molecule has 0 aliphatic heterocycles. The minimum absolute atomic E-state index is 0.371. The molecule has 0 aromatic heterocycles. The van der Waals surface area contributed by atoms with Crippen molar-refractivity contribution in [1.82, 2.24) is 0 Å². The first-order valence-corrected chi connectivity index (χ1v) is 5.62. The van der Waals surface area contributed by atoms with Gasteiger partial charge in [0.25, 0.3) is 0 Å². The minimum atomic E-state index is -0.371. The van der Waals surface area contributed by atoms with Gasteiger partial charge in [0, 0.05) is 0 Å². The van der Waals surface area contributed by atoms with Crippen LogP contribution >= 0.6 is 0 Å². The second kappa shape index (κ2) is 5.36. The average Bonchev–Trinajstić information content (AvgIpc) is 2.41. The third-order valence-electron chi connectivity index (χ3n) is 2.51. The van der Waals surface area contributed by atoms with Gasteiger partial charge in [-0.25, -0.2) is 4.79 Å². The zero-order valence-electron chi connectivity index (χ0n) is 10.3. The van der Waals surface area contributed by atoms with Gasteiger partial charge in [-0.2, -0.15) is 0 Å². The van der Waals surface area contributed by atoms with E-state index >= 15 is 0 Å². The van der Waals surface area contributed by atoms with Crippen LogP contribution in [-0.4, -0.2) is 13.1 Å². The standard InChI is InChI=1S/C15H14O3/c1-11-6-8-13(9-7-11)18-14-5-3-4-12(10-14)15(16)17-2/h3-10H,1-2H3. The number of ether oxygens (including phenoxy) is 2. The van der Waals surface area contributed by atoms with Gasteiger partial charge in [0.05, 0.1) is 12.7 Å². The van der Waals surface area contributed by atoms with Crippen LogP contribution in [0, 0.1) is 6.92 Å². The maximum Gasteiger partial charge on any atom is 0.337 e. The van der Waals surface area contributed by atoms with Gasteiger partial charge >= 0.3 is 5.97 Å². The number of esters is 1. The number of aryl methyl sites for hydroxylation is 1. The van der Waals surface area contributed by atoms with E-state index in [1.165, 1.54) is 12.7 Å². The van der Waals surface area contributed by atoms with Crippen molar-refractivity contribution in [1.29, 1.82) is 0 Å². The topological polar surface area (TPSA) is 35.5 Å². The highest BCUT2D eigenvalue weighted by atomic mass is 16.5. The molecule has 0 aliphatic carbocycles. The molecule has 0 heterocycles. The van der Waals surface area contributed by atoms with Crippen molar-refractivity contribution in [3.05, 3.63) is 59.7 Å². The minimum Gasteiger partial charge on any atom is -0.465 e. The summed E-state index contributed by atoms with van der Waals surface area (Å²) in [5, 5.41) is 0. The van der Waals surface area contributed by atoms with Crippen LogP contribution in [0.25, 0.3) is 0 Å². The normalized spacial score (nSPS) is 9.89. The lowest BCUT2D eigenvalue weighted by Crippen LogP contribution is -2.00. The predicted octanol–water partition coefficient (Wildman–Crippen LogP) is 3.57. The van der Waals surface area contributed by atoms with E-state index in [2.05, 4.69) is 4.74 Å². The lowest BCUT2D eigenvalue weighted by atomic mass is 10.2. The van der Waals surface area contributed by atoms with Crippen molar-refractivity contribution in [3.8, 4) is 11.5 Å². The highest BCUT2D eigenvalue weighted by Crippen LogP contribution is 2.22. The van der Waals surface area contributed by atoms with E-state index in [1.807, 2.05) is 31.2 Å². The summed E-state index contributed by atoms with van der Waals surface area (Å²) in [5.41, 5.74) is 1.65. The maximum absolute atomic E-state index is 11.4. The fourth-order valence-electron chi connectivity index (χ4n) is 1.55. The number of hydrogen-bond acceptors (Lipinski definition) is 3. The van der Waals surface area contributed by atoms with Gasteiger partial charge < -0.3 is 9.47 Å². The van der Waals surface area contributed by atoms with Crippen LogP contribution in [0.4, 0.5) is 0 Å². The van der Waals surface area contributed by atoms with Crippen molar-refractivity contribution in [2.45, 2.75) is 6.92 Å². The fourth-order valence-corrected chi connectivity index (χ4v) is 1.55. The first kappa shape index (κ1) is 12.2.